The average Bonchev–Trinajstić information content (AvgIpc) is 3.07. The maximum atomic E-state index is 12.2. The Morgan fingerprint density at radius 3 is 2.60 bits per heavy atom. The van der Waals surface area contributed by atoms with Gasteiger partial charge in [0.15, 0.2) is 11.5 Å². The van der Waals surface area contributed by atoms with E-state index in [0.29, 0.717) is 43.1 Å². The van der Waals surface area contributed by atoms with Crippen molar-refractivity contribution in [2.75, 3.05) is 31.7 Å². The maximum Gasteiger partial charge on any atom is 0.243 e. The lowest BCUT2D eigenvalue weighted by molar-refractivity contribution is -0.134. The number of likely N-dealkylation sites (tertiary alicyclic amines) is 1. The molecule has 1 fully saturated rings. The van der Waals surface area contributed by atoms with Gasteiger partial charge in [-0.2, -0.15) is 0 Å². The molecule has 2 aliphatic rings. The van der Waals surface area contributed by atoms with Crippen LogP contribution in [0, 0.1) is 5.92 Å². The van der Waals surface area contributed by atoms with E-state index >= 15 is 0 Å². The van der Waals surface area contributed by atoms with E-state index in [-0.39, 0.29) is 37.0 Å². The lowest BCUT2D eigenvalue weighted by Gasteiger charge is -2.30. The van der Waals surface area contributed by atoms with Crippen molar-refractivity contribution < 1.29 is 23.9 Å². The second kappa shape index (κ2) is 7.42. The number of hydrogen-bond acceptors (Lipinski definition) is 5. The van der Waals surface area contributed by atoms with Crippen LogP contribution in [0.25, 0.3) is 0 Å². The Morgan fingerprint density at radius 2 is 1.88 bits per heavy atom. The van der Waals surface area contributed by atoms with E-state index in [4.69, 9.17) is 9.47 Å². The van der Waals surface area contributed by atoms with Crippen LogP contribution in [0.4, 0.5) is 5.69 Å². The third kappa shape index (κ3) is 4.20. The normalized spacial score (nSPS) is 16.4. The Hall–Kier alpha value is -2.77. The first-order valence-corrected chi connectivity index (χ1v) is 8.25. The number of piperidine rings is 1. The number of nitrogens with zero attached hydrogens (tertiary/aromatic N) is 1. The van der Waals surface area contributed by atoms with Crippen LogP contribution in [0.1, 0.15) is 19.8 Å². The number of amides is 3. The smallest absolute Gasteiger partial charge is 0.243 e. The van der Waals surface area contributed by atoms with E-state index < -0.39 is 0 Å². The number of carbonyl (C=O) groups is 3. The first-order chi connectivity index (χ1) is 12.0. The molecule has 134 valence electrons. The summed E-state index contributed by atoms with van der Waals surface area (Å²) >= 11 is 0. The number of nitrogens with one attached hydrogen (secondary N) is 2. The van der Waals surface area contributed by atoms with Crippen molar-refractivity contribution >= 4 is 23.4 Å². The summed E-state index contributed by atoms with van der Waals surface area (Å²) in [6.45, 7) is 2.76. The Balaban J connectivity index is 1.43. The van der Waals surface area contributed by atoms with E-state index in [1.807, 2.05) is 0 Å². The summed E-state index contributed by atoms with van der Waals surface area (Å²) in [5.74, 6) is 0.635. The summed E-state index contributed by atoms with van der Waals surface area (Å²) in [4.78, 5) is 37.2. The molecule has 0 radical (unpaired) electrons. The fraction of sp³-hybridized carbons (Fsp3) is 0.471. The summed E-state index contributed by atoms with van der Waals surface area (Å²) in [6.07, 6.45) is 1.24. The Kier molecular flexibility index (Phi) is 5.06. The molecule has 2 aliphatic heterocycles. The van der Waals surface area contributed by atoms with Gasteiger partial charge in [-0.1, -0.05) is 0 Å². The molecule has 2 heterocycles. The summed E-state index contributed by atoms with van der Waals surface area (Å²) in [5, 5.41) is 5.37. The Morgan fingerprint density at radius 1 is 1.16 bits per heavy atom. The van der Waals surface area contributed by atoms with Crippen LogP contribution in [-0.4, -0.2) is 49.0 Å². The average molecular weight is 347 g/mol. The molecule has 25 heavy (non-hydrogen) atoms. The van der Waals surface area contributed by atoms with Crippen molar-refractivity contribution in [3.63, 3.8) is 0 Å². The minimum atomic E-state index is -0.312. The quantitative estimate of drug-likeness (QED) is 0.837. The molecule has 2 N–H and O–H groups in total. The molecule has 3 rings (SSSR count). The van der Waals surface area contributed by atoms with Crippen LogP contribution in [0.15, 0.2) is 18.2 Å². The molecule has 0 aromatic heterocycles. The van der Waals surface area contributed by atoms with Crippen LogP contribution in [-0.2, 0) is 14.4 Å². The number of carbonyl (C=O) groups excluding carboxylic acids is 3. The highest BCUT2D eigenvalue weighted by atomic mass is 16.7. The standard InChI is InChI=1S/C17H21N3O5/c1-11(21)20-6-4-12(5-7-20)17(23)18-9-16(22)19-13-2-3-14-15(8-13)25-10-24-14/h2-3,8,12H,4-7,9-10H2,1H3,(H,18,23)(H,19,22). The van der Waals surface area contributed by atoms with E-state index in [1.165, 1.54) is 6.92 Å². The molecule has 8 nitrogen and oxygen atoms in total. The second-order valence-corrected chi connectivity index (χ2v) is 6.11. The fourth-order valence-corrected chi connectivity index (χ4v) is 2.95. The maximum absolute atomic E-state index is 12.2. The van der Waals surface area contributed by atoms with Crippen LogP contribution in [0.5, 0.6) is 11.5 Å². The highest BCUT2D eigenvalue weighted by Crippen LogP contribution is 2.34. The molecule has 0 atom stereocenters. The minimum absolute atomic E-state index is 0.0296. The molecule has 0 saturated carbocycles. The lowest BCUT2D eigenvalue weighted by Crippen LogP contribution is -2.43. The monoisotopic (exact) mass is 347 g/mol. The van der Waals surface area contributed by atoms with E-state index in [1.54, 1.807) is 23.1 Å². The largest absolute Gasteiger partial charge is 0.454 e. The zero-order chi connectivity index (χ0) is 17.8. The van der Waals surface area contributed by atoms with E-state index in [9.17, 15) is 14.4 Å². The molecular weight excluding hydrogens is 326 g/mol. The van der Waals surface area contributed by atoms with E-state index in [2.05, 4.69) is 10.6 Å². The minimum Gasteiger partial charge on any atom is -0.454 e. The number of benzene rings is 1. The van der Waals surface area contributed by atoms with Gasteiger partial charge in [-0.3, -0.25) is 14.4 Å². The molecule has 0 unspecified atom stereocenters. The molecule has 8 heteroatoms. The van der Waals surface area contributed by atoms with Gasteiger partial charge in [-0.05, 0) is 25.0 Å². The Labute approximate surface area is 145 Å². The van der Waals surface area contributed by atoms with Crippen molar-refractivity contribution in [2.45, 2.75) is 19.8 Å². The van der Waals surface area contributed by atoms with Gasteiger partial charge >= 0.3 is 0 Å². The van der Waals surface area contributed by atoms with Crippen molar-refractivity contribution in [1.29, 1.82) is 0 Å². The van der Waals surface area contributed by atoms with Crippen molar-refractivity contribution in [2.24, 2.45) is 5.92 Å². The lowest BCUT2D eigenvalue weighted by atomic mass is 9.96. The molecular formula is C17H21N3O5. The highest BCUT2D eigenvalue weighted by molar-refractivity contribution is 5.95. The predicted molar refractivity (Wildman–Crippen MR) is 89.2 cm³/mol. The Bertz CT molecular complexity index is 683. The summed E-state index contributed by atoms with van der Waals surface area (Å²) in [5.41, 5.74) is 0.582. The molecule has 0 aliphatic carbocycles. The topological polar surface area (TPSA) is 97.0 Å². The summed E-state index contributed by atoms with van der Waals surface area (Å²) in [7, 11) is 0. The number of rotatable bonds is 4. The molecule has 3 amide bonds. The molecule has 1 aromatic carbocycles. The van der Waals surface area contributed by atoms with Gasteiger partial charge in [0, 0.05) is 37.7 Å². The molecule has 0 bridgehead atoms. The van der Waals surface area contributed by atoms with Gasteiger partial charge in [-0.25, -0.2) is 0 Å². The van der Waals surface area contributed by atoms with Crippen LogP contribution in [0.3, 0.4) is 0 Å². The zero-order valence-corrected chi connectivity index (χ0v) is 14.0. The molecule has 1 saturated heterocycles. The first kappa shape index (κ1) is 17.1. The van der Waals surface area contributed by atoms with Gasteiger partial charge in [0.1, 0.15) is 0 Å². The van der Waals surface area contributed by atoms with Crippen LogP contribution >= 0.6 is 0 Å². The number of ether oxygens (including phenoxy) is 2. The number of hydrogen-bond donors (Lipinski definition) is 2. The summed E-state index contributed by atoms with van der Waals surface area (Å²) in [6, 6.07) is 5.11. The highest BCUT2D eigenvalue weighted by Gasteiger charge is 2.26. The SMILES string of the molecule is CC(=O)N1CCC(C(=O)NCC(=O)Nc2ccc3c(c2)OCO3)CC1. The number of anilines is 1. The van der Waals surface area contributed by atoms with Gasteiger partial charge in [0.2, 0.25) is 24.5 Å². The van der Waals surface area contributed by atoms with Gasteiger partial charge < -0.3 is 25.0 Å². The van der Waals surface area contributed by atoms with Crippen molar-refractivity contribution in [3.05, 3.63) is 18.2 Å². The zero-order valence-electron chi connectivity index (χ0n) is 14.0. The first-order valence-electron chi connectivity index (χ1n) is 8.25. The van der Waals surface area contributed by atoms with Gasteiger partial charge in [0.25, 0.3) is 0 Å². The predicted octanol–water partition coefficient (Wildman–Crippen LogP) is 0.729. The van der Waals surface area contributed by atoms with E-state index in [0.717, 1.165) is 0 Å². The van der Waals surface area contributed by atoms with Crippen LogP contribution < -0.4 is 20.1 Å². The number of fused-ring (bicyclic) bond motifs is 1. The van der Waals surface area contributed by atoms with Crippen molar-refractivity contribution in [3.8, 4) is 11.5 Å². The molecule has 0 spiro atoms. The fourth-order valence-electron chi connectivity index (χ4n) is 2.95. The van der Waals surface area contributed by atoms with Crippen LogP contribution in [0.2, 0.25) is 0 Å². The van der Waals surface area contributed by atoms with Gasteiger partial charge in [0.05, 0.1) is 6.54 Å². The third-order valence-electron chi connectivity index (χ3n) is 4.39. The second-order valence-electron chi connectivity index (χ2n) is 6.11. The third-order valence-corrected chi connectivity index (χ3v) is 4.39. The summed E-state index contributed by atoms with van der Waals surface area (Å²) < 4.78 is 10.5. The molecule has 1 aromatic rings. The van der Waals surface area contributed by atoms with Crippen molar-refractivity contribution in [1.82, 2.24) is 10.2 Å². The van der Waals surface area contributed by atoms with Gasteiger partial charge in [-0.15, -0.1) is 0 Å².